The lowest BCUT2D eigenvalue weighted by molar-refractivity contribution is -0.118. The highest BCUT2D eigenvalue weighted by atomic mass is 16.5. The molecule has 0 aliphatic heterocycles. The van der Waals surface area contributed by atoms with Crippen molar-refractivity contribution in [2.45, 2.75) is 26.2 Å². The van der Waals surface area contributed by atoms with Crippen LogP contribution in [0.2, 0.25) is 0 Å². The van der Waals surface area contributed by atoms with E-state index in [1.54, 1.807) is 0 Å². The van der Waals surface area contributed by atoms with Gasteiger partial charge < -0.3 is 10.5 Å². The molecule has 16 heavy (non-hydrogen) atoms. The highest BCUT2D eigenvalue weighted by Crippen LogP contribution is 2.03. The Bertz CT molecular complexity index is 280. The fraction of sp³-hybridized carbons (Fsp3) is 0.462. The summed E-state index contributed by atoms with van der Waals surface area (Å²) in [4.78, 5) is 10.4. The molecule has 0 saturated carbocycles. The molecule has 0 saturated heterocycles. The van der Waals surface area contributed by atoms with E-state index in [2.05, 4.69) is 13.2 Å². The van der Waals surface area contributed by atoms with Gasteiger partial charge in [0.15, 0.2) is 0 Å². The van der Waals surface area contributed by atoms with Gasteiger partial charge in [-0.15, -0.1) is 0 Å². The first-order valence-corrected chi connectivity index (χ1v) is 5.40. The molecule has 3 nitrogen and oxygen atoms in total. The Labute approximate surface area is 97.7 Å². The van der Waals surface area contributed by atoms with E-state index < -0.39 is 0 Å². The van der Waals surface area contributed by atoms with Crippen molar-refractivity contribution in [1.29, 1.82) is 0 Å². The third kappa shape index (κ3) is 10.7. The topological polar surface area (TPSA) is 52.3 Å². The summed E-state index contributed by atoms with van der Waals surface area (Å²) >= 11 is 0. The standard InChI is InChI=1S/C13H21NO2/c1-11(2)6-7-12(3)8-10-16-9-4-5-13(14)15/h6-7H,1,3-5,8-10H2,2H3,(H2,14,15)/b7-6-. The predicted octanol–water partition coefficient (Wildman–Crippen LogP) is 2.35. The lowest BCUT2D eigenvalue weighted by Gasteiger charge is -2.03. The first-order valence-electron chi connectivity index (χ1n) is 5.40. The number of primary amides is 1. The van der Waals surface area contributed by atoms with Gasteiger partial charge in [0.1, 0.15) is 0 Å². The van der Waals surface area contributed by atoms with Crippen LogP contribution in [0.3, 0.4) is 0 Å². The molecule has 2 N–H and O–H groups in total. The van der Waals surface area contributed by atoms with Gasteiger partial charge in [-0.1, -0.05) is 36.5 Å². The maximum atomic E-state index is 10.4. The second kappa shape index (κ2) is 8.92. The summed E-state index contributed by atoms with van der Waals surface area (Å²) in [6.45, 7) is 10.8. The number of ether oxygens (including phenoxy) is 1. The van der Waals surface area contributed by atoms with Gasteiger partial charge in [-0.05, 0) is 19.8 Å². The van der Waals surface area contributed by atoms with E-state index in [0.29, 0.717) is 26.1 Å². The predicted molar refractivity (Wildman–Crippen MR) is 67.0 cm³/mol. The molecule has 0 rings (SSSR count). The zero-order valence-corrected chi connectivity index (χ0v) is 10.00. The number of amides is 1. The number of allylic oxidation sites excluding steroid dienone is 3. The van der Waals surface area contributed by atoms with E-state index in [9.17, 15) is 4.79 Å². The van der Waals surface area contributed by atoms with Crippen LogP contribution < -0.4 is 5.73 Å². The molecule has 0 atom stereocenters. The molecule has 3 heteroatoms. The van der Waals surface area contributed by atoms with Gasteiger partial charge >= 0.3 is 0 Å². The highest BCUT2D eigenvalue weighted by molar-refractivity contribution is 5.73. The summed E-state index contributed by atoms with van der Waals surface area (Å²) in [6.07, 6.45) is 5.73. The minimum atomic E-state index is -0.280. The van der Waals surface area contributed by atoms with Crippen LogP contribution in [0.25, 0.3) is 0 Å². The third-order valence-electron chi connectivity index (χ3n) is 1.88. The lowest BCUT2D eigenvalue weighted by Crippen LogP contribution is -2.11. The molecular weight excluding hydrogens is 202 g/mol. The van der Waals surface area contributed by atoms with Crippen LogP contribution in [0.15, 0.2) is 36.5 Å². The maximum Gasteiger partial charge on any atom is 0.217 e. The smallest absolute Gasteiger partial charge is 0.217 e. The molecule has 0 aromatic carbocycles. The molecule has 0 heterocycles. The first-order chi connectivity index (χ1) is 7.52. The molecule has 90 valence electrons. The molecule has 0 fully saturated rings. The molecular formula is C13H21NO2. The van der Waals surface area contributed by atoms with Crippen LogP contribution in [0.1, 0.15) is 26.2 Å². The van der Waals surface area contributed by atoms with Crippen molar-refractivity contribution in [3.63, 3.8) is 0 Å². The van der Waals surface area contributed by atoms with Crippen LogP contribution in [0.5, 0.6) is 0 Å². The quantitative estimate of drug-likeness (QED) is 0.482. The Kier molecular flexibility index (Phi) is 8.17. The summed E-state index contributed by atoms with van der Waals surface area (Å²) in [5, 5.41) is 0. The molecule has 0 aliphatic rings. The normalized spacial score (nSPS) is 10.6. The number of carbonyl (C=O) groups is 1. The van der Waals surface area contributed by atoms with Gasteiger partial charge in [0, 0.05) is 13.0 Å². The minimum absolute atomic E-state index is 0.280. The summed E-state index contributed by atoms with van der Waals surface area (Å²) < 4.78 is 5.34. The molecule has 1 amide bonds. The van der Waals surface area contributed by atoms with Crippen molar-refractivity contribution in [2.75, 3.05) is 13.2 Å². The fourth-order valence-electron chi connectivity index (χ4n) is 0.997. The molecule has 0 aromatic heterocycles. The van der Waals surface area contributed by atoms with Crippen molar-refractivity contribution in [3.05, 3.63) is 36.5 Å². The molecule has 0 unspecified atom stereocenters. The van der Waals surface area contributed by atoms with E-state index in [1.807, 2.05) is 19.1 Å². The van der Waals surface area contributed by atoms with Gasteiger partial charge in [-0.2, -0.15) is 0 Å². The van der Waals surface area contributed by atoms with E-state index in [0.717, 1.165) is 17.6 Å². The van der Waals surface area contributed by atoms with Crippen LogP contribution in [0, 0.1) is 0 Å². The van der Waals surface area contributed by atoms with Crippen molar-refractivity contribution in [1.82, 2.24) is 0 Å². The Morgan fingerprint density at radius 1 is 1.25 bits per heavy atom. The molecule has 0 spiro atoms. The van der Waals surface area contributed by atoms with Crippen molar-refractivity contribution in [3.8, 4) is 0 Å². The van der Waals surface area contributed by atoms with Crippen molar-refractivity contribution >= 4 is 5.91 Å². The van der Waals surface area contributed by atoms with Gasteiger partial charge in [0.2, 0.25) is 5.91 Å². The third-order valence-corrected chi connectivity index (χ3v) is 1.88. The van der Waals surface area contributed by atoms with Crippen molar-refractivity contribution < 1.29 is 9.53 Å². The second-order valence-corrected chi connectivity index (χ2v) is 3.77. The zero-order chi connectivity index (χ0) is 12.4. The lowest BCUT2D eigenvalue weighted by atomic mass is 10.2. The van der Waals surface area contributed by atoms with E-state index >= 15 is 0 Å². The Hall–Kier alpha value is -1.35. The number of hydrogen-bond acceptors (Lipinski definition) is 2. The Balaban J connectivity index is 3.41. The van der Waals surface area contributed by atoms with Gasteiger partial charge in [-0.25, -0.2) is 0 Å². The SMILES string of the molecule is C=C(C)/C=C\C(=C)CCOCCCC(N)=O. The van der Waals surface area contributed by atoms with Gasteiger partial charge in [0.25, 0.3) is 0 Å². The zero-order valence-electron chi connectivity index (χ0n) is 10.00. The van der Waals surface area contributed by atoms with Crippen LogP contribution in [-0.4, -0.2) is 19.1 Å². The molecule has 0 aliphatic carbocycles. The fourth-order valence-corrected chi connectivity index (χ4v) is 0.997. The number of hydrogen-bond donors (Lipinski definition) is 1. The summed E-state index contributed by atoms with van der Waals surface area (Å²) in [5.74, 6) is -0.280. The average molecular weight is 223 g/mol. The maximum absolute atomic E-state index is 10.4. The Morgan fingerprint density at radius 3 is 2.50 bits per heavy atom. The van der Waals surface area contributed by atoms with Gasteiger partial charge in [-0.3, -0.25) is 4.79 Å². The van der Waals surface area contributed by atoms with E-state index in [4.69, 9.17) is 10.5 Å². The largest absolute Gasteiger partial charge is 0.381 e. The van der Waals surface area contributed by atoms with Crippen molar-refractivity contribution in [2.24, 2.45) is 5.73 Å². The van der Waals surface area contributed by atoms with Crippen LogP contribution >= 0.6 is 0 Å². The Morgan fingerprint density at radius 2 is 1.94 bits per heavy atom. The minimum Gasteiger partial charge on any atom is -0.381 e. The first kappa shape index (κ1) is 14.6. The second-order valence-electron chi connectivity index (χ2n) is 3.77. The monoisotopic (exact) mass is 223 g/mol. The number of carbonyl (C=O) groups excluding carboxylic acids is 1. The highest BCUT2D eigenvalue weighted by Gasteiger charge is 1.95. The van der Waals surface area contributed by atoms with E-state index in [-0.39, 0.29) is 5.91 Å². The van der Waals surface area contributed by atoms with Crippen LogP contribution in [-0.2, 0) is 9.53 Å². The summed E-state index contributed by atoms with van der Waals surface area (Å²) in [7, 11) is 0. The number of nitrogens with two attached hydrogens (primary N) is 1. The summed E-state index contributed by atoms with van der Waals surface area (Å²) in [6, 6.07) is 0. The van der Waals surface area contributed by atoms with E-state index in [1.165, 1.54) is 0 Å². The average Bonchev–Trinajstić information content (AvgIpc) is 2.19. The summed E-state index contributed by atoms with van der Waals surface area (Å²) in [5.41, 5.74) is 7.01. The van der Waals surface area contributed by atoms with Gasteiger partial charge in [0.05, 0.1) is 6.61 Å². The number of rotatable bonds is 9. The molecule has 0 aromatic rings. The molecule has 0 bridgehead atoms. The molecule has 0 radical (unpaired) electrons. The van der Waals surface area contributed by atoms with Crippen LogP contribution in [0.4, 0.5) is 0 Å².